The normalized spacial score (nSPS) is 23.5. The van der Waals surface area contributed by atoms with E-state index in [-0.39, 0.29) is 5.41 Å². The molecule has 3 aromatic heterocycles. The Bertz CT molecular complexity index is 2880. The number of rotatable bonds is 3. The summed E-state index contributed by atoms with van der Waals surface area (Å²) in [7, 11) is 0. The molecule has 5 aromatic carbocycles. The van der Waals surface area contributed by atoms with Crippen molar-refractivity contribution < 1.29 is 4.42 Å². The molecule has 4 bridgehead atoms. The number of hydrogen-bond acceptors (Lipinski definition) is 6. The summed E-state index contributed by atoms with van der Waals surface area (Å²) in [4.78, 5) is 20.1. The number of nitrogens with zero attached hydrogens (tertiary/aromatic N) is 5. The number of nitriles is 1. The van der Waals surface area contributed by atoms with Crippen LogP contribution in [0.4, 0.5) is 0 Å². The molecule has 6 nitrogen and oxygen atoms in total. The fourth-order valence-corrected chi connectivity index (χ4v) is 11.1. The van der Waals surface area contributed by atoms with Gasteiger partial charge in [0.25, 0.3) is 0 Å². The highest BCUT2D eigenvalue weighted by molar-refractivity contribution is 6.06. The molecule has 1 spiro atoms. The van der Waals surface area contributed by atoms with Crippen LogP contribution in [0.2, 0.25) is 0 Å². The van der Waals surface area contributed by atoms with Crippen molar-refractivity contribution in [1.82, 2.24) is 19.9 Å². The third-order valence-corrected chi connectivity index (χ3v) is 13.0. The number of benzene rings is 5. The van der Waals surface area contributed by atoms with E-state index in [2.05, 4.69) is 83.8 Å². The Morgan fingerprint density at radius 1 is 0.635 bits per heavy atom. The number of hydrogen-bond donors (Lipinski definition) is 0. The van der Waals surface area contributed by atoms with Crippen molar-refractivity contribution in [3.05, 3.63) is 132 Å². The minimum atomic E-state index is -0.0571. The van der Waals surface area contributed by atoms with Crippen molar-refractivity contribution in [2.24, 2.45) is 23.7 Å². The Morgan fingerprint density at radius 2 is 1.42 bits per heavy atom. The lowest BCUT2D eigenvalue weighted by Crippen LogP contribution is -2.40. The van der Waals surface area contributed by atoms with Gasteiger partial charge in [0.05, 0.1) is 11.6 Å². The number of furan rings is 1. The molecular weight excluding hydrogens is 639 g/mol. The van der Waals surface area contributed by atoms with Crippen molar-refractivity contribution in [1.29, 1.82) is 5.26 Å². The first kappa shape index (κ1) is 28.5. The Balaban J connectivity index is 1.10. The third-order valence-electron chi connectivity index (χ3n) is 13.0. The van der Waals surface area contributed by atoms with Gasteiger partial charge in [0.2, 0.25) is 0 Å². The van der Waals surface area contributed by atoms with Gasteiger partial charge in [-0.25, -0.2) is 15.0 Å². The first-order valence-electron chi connectivity index (χ1n) is 18.4. The minimum Gasteiger partial charge on any atom is -0.456 e. The van der Waals surface area contributed by atoms with E-state index in [1.54, 1.807) is 0 Å². The van der Waals surface area contributed by atoms with Gasteiger partial charge in [-0.15, -0.1) is 0 Å². The SMILES string of the molecule is N#Cc1cc2c(cc1-c1nc(-c3ccc4ccccc4c3)nc(-c3ccc4oc5ccccc5c4c3)n1)C1(c3ccncc3-2)C2CC3CC(C2)C1C3. The van der Waals surface area contributed by atoms with E-state index in [1.807, 2.05) is 42.7 Å². The zero-order valence-electron chi connectivity index (χ0n) is 28.3. The lowest BCUT2D eigenvalue weighted by molar-refractivity contribution is 0.191. The zero-order chi connectivity index (χ0) is 34.1. The van der Waals surface area contributed by atoms with E-state index >= 15 is 0 Å². The van der Waals surface area contributed by atoms with Crippen LogP contribution in [0.1, 0.15) is 42.4 Å². The quantitative estimate of drug-likeness (QED) is 0.186. The van der Waals surface area contributed by atoms with Crippen molar-refractivity contribution in [2.45, 2.75) is 31.1 Å². The van der Waals surface area contributed by atoms with Crippen molar-refractivity contribution in [3.8, 4) is 51.4 Å². The van der Waals surface area contributed by atoms with Crippen LogP contribution in [0.15, 0.2) is 120 Å². The summed E-state index contributed by atoms with van der Waals surface area (Å²) in [5.74, 6) is 4.45. The Hall–Kier alpha value is -6.19. The van der Waals surface area contributed by atoms with Crippen LogP contribution < -0.4 is 0 Å². The average Bonchev–Trinajstić information content (AvgIpc) is 3.87. The van der Waals surface area contributed by atoms with Crippen LogP contribution >= 0.6 is 0 Å². The molecule has 52 heavy (non-hydrogen) atoms. The highest BCUT2D eigenvalue weighted by Gasteiger charge is 2.66. The maximum Gasteiger partial charge on any atom is 0.165 e. The van der Waals surface area contributed by atoms with E-state index in [0.717, 1.165) is 66.8 Å². The lowest BCUT2D eigenvalue weighted by atomic mass is 9.59. The van der Waals surface area contributed by atoms with Gasteiger partial charge in [0.15, 0.2) is 17.5 Å². The van der Waals surface area contributed by atoms with E-state index in [0.29, 0.717) is 34.9 Å². The van der Waals surface area contributed by atoms with Gasteiger partial charge in [-0.2, -0.15) is 5.26 Å². The molecule has 0 N–H and O–H groups in total. The van der Waals surface area contributed by atoms with Crippen LogP contribution in [0.5, 0.6) is 0 Å². The minimum absolute atomic E-state index is 0.0571. The summed E-state index contributed by atoms with van der Waals surface area (Å²) < 4.78 is 6.16. The van der Waals surface area contributed by atoms with Gasteiger partial charge in [0.1, 0.15) is 11.2 Å². The summed E-state index contributed by atoms with van der Waals surface area (Å²) in [5.41, 5.74) is 9.79. The third kappa shape index (κ3) is 3.73. The first-order chi connectivity index (χ1) is 25.7. The van der Waals surface area contributed by atoms with Crippen LogP contribution in [-0.2, 0) is 5.41 Å². The van der Waals surface area contributed by atoms with Crippen molar-refractivity contribution in [2.75, 3.05) is 0 Å². The smallest absolute Gasteiger partial charge is 0.165 e. The number of aromatic nitrogens is 4. The summed E-state index contributed by atoms with van der Waals surface area (Å²) in [6, 6.07) is 38.1. The van der Waals surface area contributed by atoms with Gasteiger partial charge in [0, 0.05) is 50.8 Å². The monoisotopic (exact) mass is 669 g/mol. The van der Waals surface area contributed by atoms with Gasteiger partial charge in [-0.1, -0.05) is 54.6 Å². The molecule has 0 amide bonds. The second kappa shape index (κ2) is 10.2. The van der Waals surface area contributed by atoms with E-state index in [4.69, 9.17) is 19.4 Å². The maximum absolute atomic E-state index is 10.8. The molecule has 4 fully saturated rings. The number of pyridine rings is 1. The molecule has 4 saturated carbocycles. The fraction of sp³-hybridized carbons (Fsp3) is 0.196. The molecule has 0 radical (unpaired) electrons. The Labute approximate surface area is 299 Å². The molecular formula is C46H31N5O. The average molecular weight is 670 g/mol. The molecule has 0 saturated heterocycles. The second-order valence-electron chi connectivity index (χ2n) is 15.4. The molecule has 13 rings (SSSR count). The molecule has 5 unspecified atom stereocenters. The standard InChI is InChI=1S/C46H31N5O/c47-23-31-21-35-37-24-48-14-13-38(37)46(32-16-25-15-30(19-32)39(46)17-25)40(35)22-34(31)45-50-43(28-10-9-26-5-1-2-6-27(26)18-28)49-44(51-45)29-11-12-42-36(20-29)33-7-3-4-8-41(33)52-42/h1-14,18,20-22,24-25,30,32,39H,15-17,19H2. The molecule has 5 aliphatic rings. The van der Waals surface area contributed by atoms with E-state index in [1.165, 1.54) is 42.4 Å². The van der Waals surface area contributed by atoms with Crippen LogP contribution in [0, 0.1) is 35.0 Å². The van der Waals surface area contributed by atoms with Crippen molar-refractivity contribution in [3.63, 3.8) is 0 Å². The highest BCUT2D eigenvalue weighted by atomic mass is 16.3. The molecule has 3 heterocycles. The molecule has 246 valence electrons. The maximum atomic E-state index is 10.8. The zero-order valence-corrected chi connectivity index (χ0v) is 28.3. The Morgan fingerprint density at radius 3 is 2.31 bits per heavy atom. The van der Waals surface area contributed by atoms with E-state index in [9.17, 15) is 5.26 Å². The van der Waals surface area contributed by atoms with Gasteiger partial charge in [-0.05, 0) is 125 Å². The highest BCUT2D eigenvalue weighted by Crippen LogP contribution is 2.73. The summed E-state index contributed by atoms with van der Waals surface area (Å²) in [6.45, 7) is 0. The van der Waals surface area contributed by atoms with Crippen LogP contribution in [-0.4, -0.2) is 19.9 Å². The molecule has 5 atom stereocenters. The lowest BCUT2D eigenvalue weighted by Gasteiger charge is -2.43. The number of para-hydroxylation sites is 1. The molecule has 0 aliphatic heterocycles. The second-order valence-corrected chi connectivity index (χ2v) is 15.4. The largest absolute Gasteiger partial charge is 0.456 e. The summed E-state index contributed by atoms with van der Waals surface area (Å²) in [6.07, 6.45) is 9.18. The van der Waals surface area contributed by atoms with Gasteiger partial charge in [-0.3, -0.25) is 4.98 Å². The molecule has 5 aliphatic carbocycles. The Kier molecular flexibility index (Phi) is 5.59. The summed E-state index contributed by atoms with van der Waals surface area (Å²) >= 11 is 0. The molecule has 6 heteroatoms. The predicted molar refractivity (Wildman–Crippen MR) is 202 cm³/mol. The van der Waals surface area contributed by atoms with E-state index < -0.39 is 0 Å². The number of fused-ring (bicyclic) bond motifs is 7. The molecule has 8 aromatic rings. The van der Waals surface area contributed by atoms with Crippen LogP contribution in [0.3, 0.4) is 0 Å². The summed E-state index contributed by atoms with van der Waals surface area (Å²) in [5, 5.41) is 15.1. The topological polar surface area (TPSA) is 88.5 Å². The van der Waals surface area contributed by atoms with Crippen LogP contribution in [0.25, 0.3) is 78.0 Å². The van der Waals surface area contributed by atoms with Gasteiger partial charge >= 0.3 is 0 Å². The van der Waals surface area contributed by atoms with Gasteiger partial charge < -0.3 is 4.42 Å². The first-order valence-corrected chi connectivity index (χ1v) is 18.4. The van der Waals surface area contributed by atoms with Crippen molar-refractivity contribution >= 4 is 32.7 Å². The fourth-order valence-electron chi connectivity index (χ4n) is 11.1. The predicted octanol–water partition coefficient (Wildman–Crippen LogP) is 10.5.